The van der Waals surface area contributed by atoms with Crippen LogP contribution in [0.25, 0.3) is 32.8 Å². The van der Waals surface area contributed by atoms with Gasteiger partial charge in [-0.15, -0.1) is 0 Å². The third kappa shape index (κ3) is 6.94. The number of H-pyrrole nitrogens is 1. The maximum absolute atomic E-state index is 13.8. The van der Waals surface area contributed by atoms with Crippen LogP contribution in [-0.2, 0) is 22.9 Å². The Balaban J connectivity index is 1.33. The van der Waals surface area contributed by atoms with Crippen LogP contribution in [0.2, 0.25) is 5.02 Å². The second kappa shape index (κ2) is 15.1. The lowest BCUT2D eigenvalue weighted by molar-refractivity contribution is 0.0362. The SMILES string of the molecule is CCOC(=O)c1[nH]c2c(-c3c([C@@H](CCN4CCOCC4)NC)nn(C)c3C)c(Cl)ccc2c1CCCOc1cccc2cc(F)ccc12. The van der Waals surface area contributed by atoms with Crippen molar-refractivity contribution in [3.8, 4) is 16.9 Å². The van der Waals surface area contributed by atoms with Crippen LogP contribution in [0.5, 0.6) is 5.75 Å². The zero-order chi connectivity index (χ0) is 33.8. The van der Waals surface area contributed by atoms with Gasteiger partial charge in [-0.05, 0) is 81.4 Å². The highest BCUT2D eigenvalue weighted by molar-refractivity contribution is 6.35. The molecule has 3 aromatic carbocycles. The average molecular weight is 676 g/mol. The van der Waals surface area contributed by atoms with Crippen LogP contribution in [0, 0.1) is 12.7 Å². The summed E-state index contributed by atoms with van der Waals surface area (Å²) in [5.74, 6) is -0.00376. The molecule has 0 bridgehead atoms. The van der Waals surface area contributed by atoms with Crippen molar-refractivity contribution < 1.29 is 23.4 Å². The van der Waals surface area contributed by atoms with Crippen molar-refractivity contribution in [2.24, 2.45) is 7.05 Å². The Bertz CT molecular complexity index is 1920. The number of aromatic nitrogens is 3. The van der Waals surface area contributed by atoms with Gasteiger partial charge in [0, 0.05) is 54.3 Å². The van der Waals surface area contributed by atoms with E-state index in [1.54, 1.807) is 13.0 Å². The molecule has 0 spiro atoms. The zero-order valence-corrected chi connectivity index (χ0v) is 28.8. The topological polar surface area (TPSA) is 93.6 Å². The van der Waals surface area contributed by atoms with E-state index in [9.17, 15) is 9.18 Å². The molecular weight excluding hydrogens is 633 g/mol. The number of nitrogens with one attached hydrogen (secondary N) is 2. The number of aryl methyl sites for hydroxylation is 2. The van der Waals surface area contributed by atoms with Crippen molar-refractivity contribution >= 4 is 39.2 Å². The molecule has 1 atom stereocenters. The molecule has 254 valence electrons. The molecule has 3 heterocycles. The van der Waals surface area contributed by atoms with Crippen molar-refractivity contribution in [1.82, 2.24) is 25.0 Å². The van der Waals surface area contributed by atoms with E-state index in [1.165, 1.54) is 12.1 Å². The molecule has 2 N–H and O–H groups in total. The third-order valence-corrected chi connectivity index (χ3v) is 9.58. The third-order valence-electron chi connectivity index (χ3n) is 9.27. The van der Waals surface area contributed by atoms with Crippen LogP contribution < -0.4 is 10.1 Å². The number of hydrogen-bond acceptors (Lipinski definition) is 7. The van der Waals surface area contributed by atoms with Crippen LogP contribution in [0.15, 0.2) is 48.5 Å². The Morgan fingerprint density at radius 2 is 1.94 bits per heavy atom. The Kier molecular flexibility index (Phi) is 10.7. The molecule has 0 unspecified atom stereocenters. The number of carbonyl (C=O) groups excluding carboxylic acids is 1. The number of ether oxygens (including phenoxy) is 3. The standard InChI is InChI=1S/C37H43ClFN5O4/c1-5-47-37(45)35-27(9-7-19-48-31-10-6-8-24-22-25(39)11-12-26(24)31)28-13-14-29(38)33(34(28)41-35)32-23(2)43(4)42-36(32)30(40-3)15-16-44-17-20-46-21-18-44/h6,8,10-14,22,30,40-41H,5,7,9,15-21H2,1-4H3/t30-/m1/s1. The summed E-state index contributed by atoms with van der Waals surface area (Å²) in [5.41, 5.74) is 5.70. The molecule has 11 heteroatoms. The minimum Gasteiger partial charge on any atom is -0.493 e. The second-order valence-electron chi connectivity index (χ2n) is 12.2. The van der Waals surface area contributed by atoms with Gasteiger partial charge in [0.25, 0.3) is 0 Å². The van der Waals surface area contributed by atoms with Gasteiger partial charge in [-0.3, -0.25) is 9.58 Å². The second-order valence-corrected chi connectivity index (χ2v) is 12.6. The monoisotopic (exact) mass is 675 g/mol. The van der Waals surface area contributed by atoms with Gasteiger partial charge in [0.2, 0.25) is 0 Å². The van der Waals surface area contributed by atoms with Crippen LogP contribution in [0.3, 0.4) is 0 Å². The van der Waals surface area contributed by atoms with Crippen molar-refractivity contribution in [3.63, 3.8) is 0 Å². The van der Waals surface area contributed by atoms with E-state index >= 15 is 0 Å². The van der Waals surface area contributed by atoms with E-state index in [-0.39, 0.29) is 18.5 Å². The Hall–Kier alpha value is -3.96. The van der Waals surface area contributed by atoms with Crippen molar-refractivity contribution in [2.45, 2.75) is 39.2 Å². The van der Waals surface area contributed by atoms with E-state index in [0.717, 1.165) is 89.0 Å². The summed E-state index contributed by atoms with van der Waals surface area (Å²) in [5, 5.41) is 11.6. The van der Waals surface area contributed by atoms with E-state index in [2.05, 4.69) is 15.2 Å². The number of fused-ring (bicyclic) bond motifs is 2. The minimum absolute atomic E-state index is 0.0178. The quantitative estimate of drug-likeness (QED) is 0.103. The number of hydrogen-bond donors (Lipinski definition) is 2. The first-order valence-corrected chi connectivity index (χ1v) is 17.0. The average Bonchev–Trinajstić information content (AvgIpc) is 3.60. The summed E-state index contributed by atoms with van der Waals surface area (Å²) in [6.07, 6.45) is 2.06. The number of nitrogens with zero attached hydrogens (tertiary/aromatic N) is 3. The van der Waals surface area contributed by atoms with Gasteiger partial charge in [0.15, 0.2) is 0 Å². The molecule has 5 aromatic rings. The zero-order valence-electron chi connectivity index (χ0n) is 28.0. The molecule has 0 amide bonds. The molecule has 0 saturated carbocycles. The lowest BCUT2D eigenvalue weighted by Crippen LogP contribution is -2.38. The van der Waals surface area contributed by atoms with Crippen LogP contribution >= 0.6 is 11.6 Å². The first kappa shape index (κ1) is 33.9. The van der Waals surface area contributed by atoms with Crippen LogP contribution in [-0.4, -0.2) is 78.7 Å². The number of rotatable bonds is 13. The van der Waals surface area contributed by atoms with Crippen molar-refractivity contribution in [3.05, 3.63) is 82.0 Å². The molecule has 6 rings (SSSR count). The maximum Gasteiger partial charge on any atom is 0.355 e. The fourth-order valence-electron chi connectivity index (χ4n) is 6.70. The summed E-state index contributed by atoms with van der Waals surface area (Å²) >= 11 is 7.03. The first-order chi connectivity index (χ1) is 23.3. The Morgan fingerprint density at radius 1 is 1.15 bits per heavy atom. The number of benzene rings is 3. The van der Waals surface area contributed by atoms with E-state index in [0.29, 0.717) is 35.9 Å². The highest BCUT2D eigenvalue weighted by atomic mass is 35.5. The fraction of sp³-hybridized carbons (Fsp3) is 0.405. The van der Waals surface area contributed by atoms with Gasteiger partial charge < -0.3 is 24.5 Å². The predicted molar refractivity (Wildman–Crippen MR) is 188 cm³/mol. The smallest absolute Gasteiger partial charge is 0.355 e. The van der Waals surface area contributed by atoms with E-state index < -0.39 is 5.97 Å². The molecule has 1 aliphatic rings. The van der Waals surface area contributed by atoms with Gasteiger partial charge in [0.1, 0.15) is 17.3 Å². The fourth-order valence-corrected chi connectivity index (χ4v) is 6.95. The Morgan fingerprint density at radius 3 is 2.71 bits per heavy atom. The lowest BCUT2D eigenvalue weighted by atomic mass is 9.95. The van der Waals surface area contributed by atoms with Crippen LogP contribution in [0.1, 0.15) is 53.2 Å². The van der Waals surface area contributed by atoms with E-state index in [1.807, 2.05) is 56.0 Å². The Labute approximate surface area is 285 Å². The normalized spacial score (nSPS) is 14.5. The van der Waals surface area contributed by atoms with Gasteiger partial charge in [-0.1, -0.05) is 29.8 Å². The highest BCUT2D eigenvalue weighted by Crippen LogP contribution is 2.42. The van der Waals surface area contributed by atoms with Gasteiger partial charge >= 0.3 is 5.97 Å². The van der Waals surface area contributed by atoms with Crippen molar-refractivity contribution in [2.75, 3.05) is 53.1 Å². The highest BCUT2D eigenvalue weighted by Gasteiger charge is 2.28. The molecule has 48 heavy (non-hydrogen) atoms. The van der Waals surface area contributed by atoms with Gasteiger partial charge in [-0.25, -0.2) is 9.18 Å². The molecule has 1 fully saturated rings. The predicted octanol–water partition coefficient (Wildman–Crippen LogP) is 6.99. The molecule has 1 saturated heterocycles. The van der Waals surface area contributed by atoms with Gasteiger partial charge in [-0.2, -0.15) is 5.10 Å². The van der Waals surface area contributed by atoms with E-state index in [4.69, 9.17) is 30.9 Å². The largest absolute Gasteiger partial charge is 0.493 e. The number of halogens is 2. The molecular formula is C37H43ClFN5O4. The number of carbonyl (C=O) groups is 1. The summed E-state index contributed by atoms with van der Waals surface area (Å²) < 4.78 is 32.9. The molecule has 2 aromatic heterocycles. The summed E-state index contributed by atoms with van der Waals surface area (Å²) in [6, 6.07) is 14.1. The minimum atomic E-state index is -0.412. The first-order valence-electron chi connectivity index (χ1n) is 16.6. The summed E-state index contributed by atoms with van der Waals surface area (Å²) in [7, 11) is 3.91. The van der Waals surface area contributed by atoms with Crippen molar-refractivity contribution in [1.29, 1.82) is 0 Å². The molecule has 0 radical (unpaired) electrons. The molecule has 1 aliphatic heterocycles. The molecule has 0 aliphatic carbocycles. The molecule has 9 nitrogen and oxygen atoms in total. The van der Waals surface area contributed by atoms with Crippen LogP contribution in [0.4, 0.5) is 4.39 Å². The summed E-state index contributed by atoms with van der Waals surface area (Å²) in [4.78, 5) is 19.2. The number of aromatic amines is 1. The lowest BCUT2D eigenvalue weighted by Gasteiger charge is -2.28. The number of morpholine rings is 1. The maximum atomic E-state index is 13.8. The number of esters is 1. The summed E-state index contributed by atoms with van der Waals surface area (Å²) in [6.45, 7) is 8.77. The van der Waals surface area contributed by atoms with Gasteiger partial charge in [0.05, 0.1) is 48.7 Å².